The molecule has 1 heterocycles. The molecule has 0 aliphatic carbocycles. The molecule has 6 heteroatoms. The van der Waals surface area contributed by atoms with Crippen molar-refractivity contribution >= 4 is 23.2 Å². The second-order valence-corrected chi connectivity index (χ2v) is 6.16. The normalized spacial score (nSPS) is 13.4. The summed E-state index contributed by atoms with van der Waals surface area (Å²) in [6.07, 6.45) is 0.295. The zero-order valence-corrected chi connectivity index (χ0v) is 13.5. The summed E-state index contributed by atoms with van der Waals surface area (Å²) in [4.78, 5) is 27.8. The van der Waals surface area contributed by atoms with Crippen LogP contribution < -0.4 is 5.32 Å². The largest absolute Gasteiger partial charge is 0.480 e. The number of hydrogen-bond donors (Lipinski definition) is 2. The Labute approximate surface area is 133 Å². The number of carboxylic acid groups (broad SMARTS) is 1. The zero-order valence-electron chi connectivity index (χ0n) is 12.7. The summed E-state index contributed by atoms with van der Waals surface area (Å²) in [6.45, 7) is 5.19. The number of nitrogens with one attached hydrogen (secondary N) is 1. The van der Waals surface area contributed by atoms with E-state index in [2.05, 4.69) is 10.3 Å². The number of hydrogen-bond acceptors (Lipinski definition) is 4. The minimum absolute atomic E-state index is 0.240. The summed E-state index contributed by atoms with van der Waals surface area (Å²) < 4.78 is 0. The second-order valence-electron chi connectivity index (χ2n) is 5.30. The number of benzene rings is 1. The predicted octanol–water partition coefficient (Wildman–Crippen LogP) is 3.10. The molecule has 0 aliphatic heterocycles. The van der Waals surface area contributed by atoms with E-state index in [4.69, 9.17) is 0 Å². The average Bonchev–Trinajstić information content (AvgIpc) is 2.97. The Morgan fingerprint density at radius 3 is 2.64 bits per heavy atom. The van der Waals surface area contributed by atoms with Gasteiger partial charge in [0, 0.05) is 10.9 Å². The van der Waals surface area contributed by atoms with E-state index < -0.39 is 17.4 Å². The zero-order chi connectivity index (χ0) is 16.3. The van der Waals surface area contributed by atoms with Crippen LogP contribution >= 0.6 is 11.3 Å². The lowest BCUT2D eigenvalue weighted by Gasteiger charge is -2.23. The van der Waals surface area contributed by atoms with Crippen LogP contribution in [0.4, 0.5) is 0 Å². The number of aryl methyl sites for hydroxylation is 1. The van der Waals surface area contributed by atoms with Crippen molar-refractivity contribution < 1.29 is 14.7 Å². The van der Waals surface area contributed by atoms with E-state index in [1.54, 1.807) is 12.3 Å². The van der Waals surface area contributed by atoms with Crippen molar-refractivity contribution in [3.63, 3.8) is 0 Å². The first-order chi connectivity index (χ1) is 10.4. The number of carbonyl (C=O) groups is 2. The number of aliphatic carboxylic acids is 1. The Morgan fingerprint density at radius 2 is 2.05 bits per heavy atom. The van der Waals surface area contributed by atoms with Crippen molar-refractivity contribution in [1.29, 1.82) is 0 Å². The van der Waals surface area contributed by atoms with E-state index in [1.165, 1.54) is 18.3 Å². The molecule has 1 amide bonds. The van der Waals surface area contributed by atoms with Crippen molar-refractivity contribution in [2.75, 3.05) is 0 Å². The summed E-state index contributed by atoms with van der Waals surface area (Å²) >= 11 is 1.37. The van der Waals surface area contributed by atoms with Crippen LogP contribution in [0.5, 0.6) is 0 Å². The lowest BCUT2D eigenvalue weighted by molar-refractivity contribution is -0.143. The molecule has 5 nitrogen and oxygen atoms in total. The van der Waals surface area contributed by atoms with Crippen molar-refractivity contribution in [2.24, 2.45) is 0 Å². The predicted molar refractivity (Wildman–Crippen MR) is 86.1 cm³/mol. The van der Waals surface area contributed by atoms with Gasteiger partial charge in [-0.05, 0) is 25.8 Å². The number of rotatable bonds is 5. The van der Waals surface area contributed by atoms with Crippen molar-refractivity contribution in [3.8, 4) is 10.6 Å². The Kier molecular flexibility index (Phi) is 4.61. The van der Waals surface area contributed by atoms with E-state index in [0.29, 0.717) is 6.42 Å². The third-order valence-corrected chi connectivity index (χ3v) is 4.56. The molecule has 0 fully saturated rings. The van der Waals surface area contributed by atoms with Crippen LogP contribution in [-0.2, 0) is 4.79 Å². The maximum Gasteiger partial charge on any atom is 0.329 e. The number of aromatic nitrogens is 1. The molecular weight excluding hydrogens is 300 g/mol. The Morgan fingerprint density at radius 1 is 1.36 bits per heavy atom. The van der Waals surface area contributed by atoms with Crippen molar-refractivity contribution in [3.05, 3.63) is 40.9 Å². The van der Waals surface area contributed by atoms with Gasteiger partial charge in [-0.3, -0.25) is 4.79 Å². The fourth-order valence-electron chi connectivity index (χ4n) is 1.92. The SMILES string of the molecule is CCC(C)(NC(=O)c1csc(-c2ccccc2C)n1)C(=O)O. The molecular formula is C16H18N2O3S. The Bertz CT molecular complexity index is 711. The van der Waals surface area contributed by atoms with Gasteiger partial charge in [-0.2, -0.15) is 0 Å². The van der Waals surface area contributed by atoms with E-state index in [1.807, 2.05) is 31.2 Å². The molecule has 0 bridgehead atoms. The molecule has 22 heavy (non-hydrogen) atoms. The van der Waals surface area contributed by atoms with Gasteiger partial charge in [0.05, 0.1) is 0 Å². The molecule has 0 radical (unpaired) electrons. The lowest BCUT2D eigenvalue weighted by Crippen LogP contribution is -2.51. The highest BCUT2D eigenvalue weighted by Gasteiger charge is 2.33. The molecule has 2 aromatic rings. The van der Waals surface area contributed by atoms with Crippen LogP contribution in [-0.4, -0.2) is 27.5 Å². The molecule has 0 spiro atoms. The number of nitrogens with zero attached hydrogens (tertiary/aromatic N) is 1. The quantitative estimate of drug-likeness (QED) is 0.888. The van der Waals surface area contributed by atoms with E-state index in [0.717, 1.165) is 16.1 Å². The maximum atomic E-state index is 12.2. The summed E-state index contributed by atoms with van der Waals surface area (Å²) in [5.41, 5.74) is 1.00. The number of thiazole rings is 1. The number of carbonyl (C=O) groups excluding carboxylic acids is 1. The van der Waals surface area contributed by atoms with Crippen LogP contribution in [0.1, 0.15) is 36.3 Å². The average molecular weight is 318 g/mol. The highest BCUT2D eigenvalue weighted by Crippen LogP contribution is 2.26. The van der Waals surface area contributed by atoms with Gasteiger partial charge in [0.15, 0.2) is 0 Å². The summed E-state index contributed by atoms with van der Waals surface area (Å²) in [7, 11) is 0. The van der Waals surface area contributed by atoms with Crippen LogP contribution in [0, 0.1) is 6.92 Å². The van der Waals surface area contributed by atoms with Gasteiger partial charge in [-0.25, -0.2) is 9.78 Å². The molecule has 0 saturated heterocycles. The Balaban J connectivity index is 2.23. The minimum Gasteiger partial charge on any atom is -0.480 e. The van der Waals surface area contributed by atoms with Crippen LogP contribution in [0.25, 0.3) is 10.6 Å². The van der Waals surface area contributed by atoms with Crippen LogP contribution in [0.3, 0.4) is 0 Å². The van der Waals surface area contributed by atoms with Gasteiger partial charge >= 0.3 is 5.97 Å². The number of amides is 1. The molecule has 2 rings (SSSR count). The van der Waals surface area contributed by atoms with E-state index in [9.17, 15) is 14.7 Å². The van der Waals surface area contributed by atoms with Crippen LogP contribution in [0.2, 0.25) is 0 Å². The van der Waals surface area contributed by atoms with E-state index in [-0.39, 0.29) is 5.69 Å². The standard InChI is InChI=1S/C16H18N2O3S/c1-4-16(3,15(20)21)18-13(19)12-9-22-14(17-12)11-8-6-5-7-10(11)2/h5-9H,4H2,1-3H3,(H,18,19)(H,20,21). The first-order valence-electron chi connectivity index (χ1n) is 6.95. The maximum absolute atomic E-state index is 12.2. The monoisotopic (exact) mass is 318 g/mol. The third-order valence-electron chi connectivity index (χ3n) is 3.68. The summed E-state index contributed by atoms with van der Waals surface area (Å²) in [6, 6.07) is 7.79. The lowest BCUT2D eigenvalue weighted by atomic mass is 9.99. The highest BCUT2D eigenvalue weighted by molar-refractivity contribution is 7.13. The molecule has 1 aromatic carbocycles. The molecule has 116 valence electrons. The van der Waals surface area contributed by atoms with Gasteiger partial charge in [0.2, 0.25) is 0 Å². The first-order valence-corrected chi connectivity index (χ1v) is 7.83. The fraction of sp³-hybridized carbons (Fsp3) is 0.312. The Hall–Kier alpha value is -2.21. The minimum atomic E-state index is -1.29. The fourth-order valence-corrected chi connectivity index (χ4v) is 2.81. The van der Waals surface area contributed by atoms with Gasteiger partial charge in [0.25, 0.3) is 5.91 Å². The summed E-state index contributed by atoms with van der Waals surface area (Å²) in [5, 5.41) is 14.2. The van der Waals surface area contributed by atoms with Gasteiger partial charge in [0.1, 0.15) is 16.2 Å². The molecule has 0 aliphatic rings. The highest BCUT2D eigenvalue weighted by atomic mass is 32.1. The third kappa shape index (κ3) is 3.17. The molecule has 0 saturated carbocycles. The second kappa shape index (κ2) is 6.27. The molecule has 1 unspecified atom stereocenters. The molecule has 1 aromatic heterocycles. The topological polar surface area (TPSA) is 79.3 Å². The van der Waals surface area contributed by atoms with Crippen LogP contribution in [0.15, 0.2) is 29.6 Å². The molecule has 1 atom stereocenters. The van der Waals surface area contributed by atoms with Gasteiger partial charge < -0.3 is 10.4 Å². The van der Waals surface area contributed by atoms with Gasteiger partial charge in [-0.15, -0.1) is 11.3 Å². The smallest absolute Gasteiger partial charge is 0.329 e. The summed E-state index contributed by atoms with van der Waals surface area (Å²) in [5.74, 6) is -1.53. The number of carboxylic acids is 1. The first kappa shape index (κ1) is 16.2. The van der Waals surface area contributed by atoms with E-state index >= 15 is 0 Å². The molecule has 2 N–H and O–H groups in total. The van der Waals surface area contributed by atoms with Crippen molar-refractivity contribution in [2.45, 2.75) is 32.7 Å². The van der Waals surface area contributed by atoms with Gasteiger partial charge in [-0.1, -0.05) is 31.2 Å². The van der Waals surface area contributed by atoms with Crippen molar-refractivity contribution in [1.82, 2.24) is 10.3 Å².